The molecular formula is C57H78S2. The molecule has 0 atom stereocenters. The zero-order chi connectivity index (χ0) is 43.8. The van der Waals surface area contributed by atoms with Crippen molar-refractivity contribution >= 4 is 55.0 Å². The lowest BCUT2D eigenvalue weighted by molar-refractivity contribution is 0.648. The molecule has 0 aliphatic carbocycles. The Morgan fingerprint density at radius 1 is 0.407 bits per heavy atom. The largest absolute Gasteiger partial charge is 0.140 e. The fourth-order valence-electron chi connectivity index (χ4n) is 6.31. The predicted molar refractivity (Wildman–Crippen MR) is 273 cm³/mol. The van der Waals surface area contributed by atoms with Gasteiger partial charge in [-0.25, -0.2) is 0 Å². The molecule has 0 saturated heterocycles. The molecule has 0 bridgehead atoms. The Bertz CT molecular complexity index is 2150. The van der Waals surface area contributed by atoms with E-state index in [-0.39, 0.29) is 0 Å². The summed E-state index contributed by atoms with van der Waals surface area (Å²) in [5, 5.41) is 2.80. The van der Waals surface area contributed by atoms with Crippen LogP contribution >= 0.6 is 22.7 Å². The van der Waals surface area contributed by atoms with Crippen LogP contribution in [0.15, 0.2) is 109 Å². The third kappa shape index (κ3) is 17.4. The van der Waals surface area contributed by atoms with Gasteiger partial charge in [0.25, 0.3) is 0 Å². The van der Waals surface area contributed by atoms with Crippen LogP contribution in [0.3, 0.4) is 0 Å². The molecule has 0 amide bonds. The van der Waals surface area contributed by atoms with Crippen molar-refractivity contribution in [3.8, 4) is 0 Å². The van der Waals surface area contributed by atoms with Crippen LogP contribution in [-0.2, 0) is 6.42 Å². The third-order valence-electron chi connectivity index (χ3n) is 10.1. The van der Waals surface area contributed by atoms with Crippen molar-refractivity contribution in [2.24, 2.45) is 17.8 Å². The van der Waals surface area contributed by atoms with E-state index in [1.54, 1.807) is 0 Å². The Balaban J connectivity index is 0.000000211. The van der Waals surface area contributed by atoms with E-state index in [1.165, 1.54) is 69.7 Å². The maximum Gasteiger partial charge on any atom is 0.0348 e. The molecule has 4 aromatic carbocycles. The summed E-state index contributed by atoms with van der Waals surface area (Å²) in [5.74, 6) is 5.13. The molecule has 0 fully saturated rings. The Morgan fingerprint density at radius 3 is 1.34 bits per heavy atom. The first kappa shape index (κ1) is 49.6. The smallest absolute Gasteiger partial charge is 0.0348 e. The molecule has 2 heteroatoms. The van der Waals surface area contributed by atoms with E-state index < -0.39 is 0 Å². The highest BCUT2D eigenvalue weighted by Gasteiger charge is 2.08. The van der Waals surface area contributed by atoms with Gasteiger partial charge in [-0.1, -0.05) is 208 Å². The average Bonchev–Trinajstić information content (AvgIpc) is 3.82. The Labute approximate surface area is 369 Å². The van der Waals surface area contributed by atoms with E-state index in [9.17, 15) is 0 Å². The molecule has 0 spiro atoms. The fourth-order valence-corrected chi connectivity index (χ4v) is 8.56. The molecule has 6 aromatic rings. The summed E-state index contributed by atoms with van der Waals surface area (Å²) in [6.45, 7) is 35.8. The van der Waals surface area contributed by atoms with E-state index in [2.05, 4.69) is 232 Å². The number of hydrogen-bond donors (Lipinski definition) is 0. The van der Waals surface area contributed by atoms with Crippen molar-refractivity contribution in [1.82, 2.24) is 0 Å². The average molecular weight is 827 g/mol. The van der Waals surface area contributed by atoms with Gasteiger partial charge in [0, 0.05) is 19.2 Å². The maximum absolute atomic E-state index is 2.37. The molecule has 0 unspecified atom stereocenters. The summed E-state index contributed by atoms with van der Waals surface area (Å²) in [4.78, 5) is 2.99. The number of allylic oxidation sites excluding steroid dienone is 2. The van der Waals surface area contributed by atoms with Gasteiger partial charge < -0.3 is 0 Å². The quantitative estimate of drug-likeness (QED) is 0.122. The second-order valence-corrected chi connectivity index (χ2v) is 21.1. The van der Waals surface area contributed by atoms with E-state index >= 15 is 0 Å². The Hall–Kier alpha value is -3.72. The van der Waals surface area contributed by atoms with Crippen LogP contribution in [0.5, 0.6) is 0 Å². The minimum atomic E-state index is 0.613. The van der Waals surface area contributed by atoms with Crippen LogP contribution in [0.1, 0.15) is 184 Å². The molecular weight excluding hydrogens is 749 g/mol. The first-order chi connectivity index (χ1) is 27.8. The summed E-state index contributed by atoms with van der Waals surface area (Å²) in [6.07, 6.45) is 10.0. The van der Waals surface area contributed by atoms with Crippen LogP contribution in [0.25, 0.3) is 32.3 Å². The van der Waals surface area contributed by atoms with E-state index in [0.29, 0.717) is 41.4 Å². The Morgan fingerprint density at radius 2 is 0.864 bits per heavy atom. The van der Waals surface area contributed by atoms with Crippen molar-refractivity contribution in [2.75, 3.05) is 0 Å². The van der Waals surface area contributed by atoms with Crippen molar-refractivity contribution in [3.63, 3.8) is 0 Å². The molecule has 2 heterocycles. The normalized spacial score (nSPS) is 11.9. The van der Waals surface area contributed by atoms with Gasteiger partial charge in [-0.15, -0.1) is 22.7 Å². The van der Waals surface area contributed by atoms with Gasteiger partial charge in [-0.3, -0.25) is 0 Å². The highest BCUT2D eigenvalue weighted by atomic mass is 32.1. The second kappa shape index (κ2) is 24.5. The highest BCUT2D eigenvalue weighted by molar-refractivity contribution is 7.19. The number of rotatable bonds is 11. The minimum Gasteiger partial charge on any atom is -0.140 e. The van der Waals surface area contributed by atoms with Gasteiger partial charge in [0.1, 0.15) is 0 Å². The van der Waals surface area contributed by atoms with Crippen molar-refractivity contribution in [2.45, 2.75) is 147 Å². The molecule has 0 aliphatic heterocycles. The molecule has 0 nitrogen and oxygen atoms in total. The topological polar surface area (TPSA) is 0 Å². The molecule has 318 valence electrons. The van der Waals surface area contributed by atoms with Crippen LogP contribution < -0.4 is 0 Å². The number of fused-ring (bicyclic) bond motifs is 2. The van der Waals surface area contributed by atoms with Crippen LogP contribution in [0.2, 0.25) is 0 Å². The van der Waals surface area contributed by atoms with Gasteiger partial charge in [0.15, 0.2) is 0 Å². The summed E-state index contributed by atoms with van der Waals surface area (Å²) >= 11 is 3.88. The van der Waals surface area contributed by atoms with Gasteiger partial charge >= 0.3 is 0 Å². The van der Waals surface area contributed by atoms with Crippen LogP contribution in [-0.4, -0.2) is 0 Å². The molecule has 0 saturated carbocycles. The van der Waals surface area contributed by atoms with Gasteiger partial charge in [0.2, 0.25) is 0 Å². The lowest BCUT2D eigenvalue weighted by atomic mass is 10.0. The van der Waals surface area contributed by atoms with Crippen molar-refractivity contribution in [1.29, 1.82) is 0 Å². The number of hydrogen-bond acceptors (Lipinski definition) is 2. The highest BCUT2D eigenvalue weighted by Crippen LogP contribution is 2.33. The summed E-state index contributed by atoms with van der Waals surface area (Å²) in [6, 6.07) is 36.0. The van der Waals surface area contributed by atoms with Crippen LogP contribution in [0, 0.1) is 17.8 Å². The Kier molecular flexibility index (Phi) is 20.6. The molecule has 2 aromatic heterocycles. The predicted octanol–water partition coefficient (Wildman–Crippen LogP) is 19.3. The van der Waals surface area contributed by atoms with Crippen molar-refractivity contribution in [3.05, 3.63) is 152 Å². The minimum absolute atomic E-state index is 0.613. The van der Waals surface area contributed by atoms with Gasteiger partial charge in [0.05, 0.1) is 0 Å². The maximum atomic E-state index is 2.37. The first-order valence-electron chi connectivity index (χ1n) is 22.4. The third-order valence-corrected chi connectivity index (χ3v) is 12.9. The van der Waals surface area contributed by atoms with Gasteiger partial charge in [-0.05, 0) is 122 Å². The number of thiophene rings is 2. The van der Waals surface area contributed by atoms with Gasteiger partial charge in [-0.2, -0.15) is 0 Å². The zero-order valence-corrected chi connectivity index (χ0v) is 41.3. The standard InChI is InChI=1S/C15H20S.C14H18S.2C14H20/c1-10(2)7-12-5-6-13-9-14(11(3)4)16-15(13)8-12;1-9(2)11-5-6-12-8-13(10(3)4)15-14(12)7-11;1-11(2)5-6-13-7-9-14(10-8-13)12(3)4;1-11(2)8-9-13-6-5-7-14(10-13)12(3)4/h5-6,8-11H,7H2,1-4H3;5-10H,1-4H3;2*5-12H,1-4H3/b;;6-5+;9-8+. The van der Waals surface area contributed by atoms with E-state index in [4.69, 9.17) is 0 Å². The molecule has 0 N–H and O–H groups in total. The van der Waals surface area contributed by atoms with E-state index in [1.807, 2.05) is 22.7 Å². The molecule has 0 aliphatic rings. The lowest BCUT2D eigenvalue weighted by Gasteiger charge is -2.05. The fraction of sp³-hybridized carbons (Fsp3) is 0.439. The zero-order valence-electron chi connectivity index (χ0n) is 39.7. The first-order valence-corrected chi connectivity index (χ1v) is 24.1. The summed E-state index contributed by atoms with van der Waals surface area (Å²) in [7, 11) is 0. The molecule has 59 heavy (non-hydrogen) atoms. The molecule has 0 radical (unpaired) electrons. The van der Waals surface area contributed by atoms with E-state index in [0.717, 1.165) is 5.92 Å². The SMILES string of the molecule is CC(C)/C=C/c1ccc(C(C)C)cc1.CC(C)/C=C/c1cccc(C(C)C)c1.CC(C)Cc1ccc2cc(C(C)C)sc2c1.CC(C)c1ccc2cc(C(C)C)sc2c1. The lowest BCUT2D eigenvalue weighted by Crippen LogP contribution is -1.92. The number of benzene rings is 4. The second-order valence-electron chi connectivity index (χ2n) is 18.9. The monoisotopic (exact) mass is 827 g/mol. The summed E-state index contributed by atoms with van der Waals surface area (Å²) < 4.78 is 2.88. The van der Waals surface area contributed by atoms with Crippen molar-refractivity contribution < 1.29 is 0 Å². The summed E-state index contributed by atoms with van der Waals surface area (Å²) in [5.41, 5.74) is 8.34. The van der Waals surface area contributed by atoms with Crippen LogP contribution in [0.4, 0.5) is 0 Å². The molecule has 6 rings (SSSR count).